The third kappa shape index (κ3) is 4.42. The van der Waals surface area contributed by atoms with Crippen LogP contribution in [0.4, 0.5) is 17.6 Å². The van der Waals surface area contributed by atoms with E-state index >= 15 is 0 Å². The van der Waals surface area contributed by atoms with Crippen molar-refractivity contribution in [2.24, 2.45) is 11.7 Å². The van der Waals surface area contributed by atoms with Crippen molar-refractivity contribution in [3.8, 4) is 0 Å². The van der Waals surface area contributed by atoms with Crippen LogP contribution < -0.4 is 5.73 Å². The van der Waals surface area contributed by atoms with Gasteiger partial charge in [0, 0.05) is 19.0 Å². The summed E-state index contributed by atoms with van der Waals surface area (Å²) < 4.78 is 52.7. The Hall–Kier alpha value is -2.12. The maximum atomic E-state index is 14.0. The van der Waals surface area contributed by atoms with E-state index in [1.165, 1.54) is 4.90 Å². The molecule has 1 saturated heterocycles. The molecule has 27 heavy (non-hydrogen) atoms. The van der Waals surface area contributed by atoms with Crippen molar-refractivity contribution in [2.75, 3.05) is 19.6 Å². The summed E-state index contributed by atoms with van der Waals surface area (Å²) in [7, 11) is 0. The Morgan fingerprint density at radius 2 is 1.78 bits per heavy atom. The summed E-state index contributed by atoms with van der Waals surface area (Å²) in [6.45, 7) is 0.902. The molecule has 1 heterocycles. The number of hydrogen-bond donors (Lipinski definition) is 1. The maximum absolute atomic E-state index is 14.0. The number of likely N-dealkylation sites (tertiary alicyclic amines) is 1. The van der Waals surface area contributed by atoms with Crippen LogP contribution in [0.15, 0.2) is 48.5 Å². The third-order valence-corrected chi connectivity index (χ3v) is 4.78. The Bertz CT molecular complexity index is 798. The minimum absolute atomic E-state index is 0. The predicted octanol–water partition coefficient (Wildman–Crippen LogP) is 4.08. The van der Waals surface area contributed by atoms with Crippen LogP contribution in [-0.4, -0.2) is 30.4 Å². The number of amides is 1. The summed E-state index contributed by atoms with van der Waals surface area (Å²) in [6, 6.07) is 11.4. The summed E-state index contributed by atoms with van der Waals surface area (Å²) in [5, 5.41) is 0. The van der Waals surface area contributed by atoms with E-state index in [0.717, 1.165) is 5.56 Å². The topological polar surface area (TPSA) is 46.3 Å². The van der Waals surface area contributed by atoms with Crippen LogP contribution >= 0.6 is 12.4 Å². The van der Waals surface area contributed by atoms with Crippen LogP contribution in [0, 0.1) is 11.7 Å². The van der Waals surface area contributed by atoms with Gasteiger partial charge in [-0.05, 0) is 36.2 Å². The van der Waals surface area contributed by atoms with Gasteiger partial charge in [-0.1, -0.05) is 30.3 Å². The van der Waals surface area contributed by atoms with Crippen molar-refractivity contribution in [1.29, 1.82) is 0 Å². The van der Waals surface area contributed by atoms with Gasteiger partial charge in [-0.2, -0.15) is 13.2 Å². The van der Waals surface area contributed by atoms with Gasteiger partial charge in [-0.25, -0.2) is 4.39 Å². The number of rotatable bonds is 3. The van der Waals surface area contributed by atoms with E-state index in [-0.39, 0.29) is 30.8 Å². The summed E-state index contributed by atoms with van der Waals surface area (Å²) >= 11 is 0. The smallest absolute Gasteiger partial charge is 0.338 e. The Labute approximate surface area is 160 Å². The van der Waals surface area contributed by atoms with Gasteiger partial charge in [-0.3, -0.25) is 4.79 Å². The van der Waals surface area contributed by atoms with Gasteiger partial charge in [0.1, 0.15) is 5.82 Å². The molecule has 2 aromatic rings. The number of carbonyl (C=O) groups is 1. The minimum atomic E-state index is -4.64. The average molecular weight is 403 g/mol. The summed E-state index contributed by atoms with van der Waals surface area (Å²) in [5.74, 6) is -1.77. The molecule has 1 fully saturated rings. The zero-order valence-corrected chi connectivity index (χ0v) is 15.1. The number of halogens is 5. The van der Waals surface area contributed by atoms with Crippen molar-refractivity contribution in [2.45, 2.75) is 12.1 Å². The Morgan fingerprint density at radius 3 is 2.37 bits per heavy atom. The molecule has 2 N–H and O–H groups in total. The van der Waals surface area contributed by atoms with E-state index in [9.17, 15) is 22.4 Å². The van der Waals surface area contributed by atoms with Crippen molar-refractivity contribution in [1.82, 2.24) is 4.90 Å². The van der Waals surface area contributed by atoms with E-state index in [0.29, 0.717) is 31.3 Å². The molecule has 1 aliphatic rings. The van der Waals surface area contributed by atoms with Gasteiger partial charge in [-0.15, -0.1) is 12.4 Å². The molecule has 0 radical (unpaired) electrons. The van der Waals surface area contributed by atoms with Crippen LogP contribution in [0.2, 0.25) is 0 Å². The Kier molecular flexibility index (Phi) is 6.49. The largest absolute Gasteiger partial charge is 0.416 e. The first-order valence-electron chi connectivity index (χ1n) is 8.22. The van der Waals surface area contributed by atoms with Crippen LogP contribution in [0.3, 0.4) is 0 Å². The van der Waals surface area contributed by atoms with Crippen molar-refractivity contribution in [3.63, 3.8) is 0 Å². The fraction of sp³-hybridized carbons (Fsp3) is 0.316. The second-order valence-electron chi connectivity index (χ2n) is 6.42. The van der Waals surface area contributed by atoms with Gasteiger partial charge >= 0.3 is 6.18 Å². The molecule has 3 rings (SSSR count). The molecule has 146 valence electrons. The lowest BCUT2D eigenvalue weighted by molar-refractivity contribution is -0.137. The van der Waals surface area contributed by atoms with Crippen LogP contribution in [-0.2, 0) is 6.18 Å². The monoisotopic (exact) mass is 402 g/mol. The molecule has 0 aromatic heterocycles. The van der Waals surface area contributed by atoms with E-state index in [2.05, 4.69) is 0 Å². The van der Waals surface area contributed by atoms with Crippen LogP contribution in [0.25, 0.3) is 0 Å². The number of nitrogens with two attached hydrogens (primary N) is 1. The molecular formula is C19H19ClF4N2O. The quantitative estimate of drug-likeness (QED) is 0.786. The van der Waals surface area contributed by atoms with Crippen LogP contribution in [0.1, 0.15) is 27.4 Å². The number of alkyl halides is 3. The molecule has 0 spiro atoms. The van der Waals surface area contributed by atoms with E-state index in [1.807, 2.05) is 30.3 Å². The molecule has 0 saturated carbocycles. The van der Waals surface area contributed by atoms with Crippen molar-refractivity contribution in [3.05, 3.63) is 71.0 Å². The highest BCUT2D eigenvalue weighted by Crippen LogP contribution is 2.34. The minimum Gasteiger partial charge on any atom is -0.338 e. The summed E-state index contributed by atoms with van der Waals surface area (Å²) in [4.78, 5) is 14.0. The fourth-order valence-electron chi connectivity index (χ4n) is 3.39. The average Bonchev–Trinajstić information content (AvgIpc) is 3.05. The van der Waals surface area contributed by atoms with E-state index < -0.39 is 29.0 Å². The molecule has 2 aromatic carbocycles. The highest BCUT2D eigenvalue weighted by molar-refractivity contribution is 5.95. The molecule has 3 nitrogen and oxygen atoms in total. The predicted molar refractivity (Wildman–Crippen MR) is 96.3 cm³/mol. The number of benzene rings is 2. The standard InChI is InChI=1S/C19H18F4N2O.ClH/c20-17-7-6-14(19(21,22)23)8-15(17)18(26)25-10-13(9-24)16(11-25)12-4-2-1-3-5-12;/h1-8,13,16H,9-11,24H2;1H/t13-,16+;/m1./s1. The van der Waals surface area contributed by atoms with Crippen molar-refractivity contribution < 1.29 is 22.4 Å². The first kappa shape index (κ1) is 21.2. The highest BCUT2D eigenvalue weighted by Gasteiger charge is 2.37. The summed E-state index contributed by atoms with van der Waals surface area (Å²) in [6.07, 6.45) is -4.64. The molecule has 2 atom stereocenters. The van der Waals surface area contributed by atoms with Crippen molar-refractivity contribution >= 4 is 18.3 Å². The molecule has 0 unspecified atom stereocenters. The molecule has 8 heteroatoms. The first-order valence-corrected chi connectivity index (χ1v) is 8.22. The number of hydrogen-bond acceptors (Lipinski definition) is 2. The number of nitrogens with zero attached hydrogens (tertiary/aromatic N) is 1. The second-order valence-corrected chi connectivity index (χ2v) is 6.42. The SMILES string of the molecule is Cl.NC[C@@H]1CN(C(=O)c2cc(C(F)(F)F)ccc2F)C[C@H]1c1ccccc1. The van der Waals surface area contributed by atoms with E-state index in [4.69, 9.17) is 5.73 Å². The lowest BCUT2D eigenvalue weighted by Gasteiger charge is -2.18. The second kappa shape index (κ2) is 8.27. The zero-order valence-electron chi connectivity index (χ0n) is 14.2. The maximum Gasteiger partial charge on any atom is 0.416 e. The summed E-state index contributed by atoms with van der Waals surface area (Å²) in [5.41, 5.74) is 5.21. The lowest BCUT2D eigenvalue weighted by Crippen LogP contribution is -2.30. The molecule has 0 aliphatic carbocycles. The fourth-order valence-corrected chi connectivity index (χ4v) is 3.39. The first-order chi connectivity index (χ1) is 12.3. The third-order valence-electron chi connectivity index (χ3n) is 4.78. The van der Waals surface area contributed by atoms with Crippen LogP contribution in [0.5, 0.6) is 0 Å². The molecule has 1 amide bonds. The van der Waals surface area contributed by atoms with Gasteiger partial charge in [0.25, 0.3) is 5.91 Å². The van der Waals surface area contributed by atoms with Gasteiger partial charge in [0.15, 0.2) is 0 Å². The number of carbonyl (C=O) groups excluding carboxylic acids is 1. The highest BCUT2D eigenvalue weighted by atomic mass is 35.5. The van der Waals surface area contributed by atoms with Gasteiger partial charge < -0.3 is 10.6 Å². The lowest BCUT2D eigenvalue weighted by atomic mass is 9.89. The Balaban J connectivity index is 0.00000261. The van der Waals surface area contributed by atoms with Gasteiger partial charge in [0.05, 0.1) is 11.1 Å². The van der Waals surface area contributed by atoms with E-state index in [1.54, 1.807) is 0 Å². The Morgan fingerprint density at radius 1 is 1.11 bits per heavy atom. The normalized spacial score (nSPS) is 19.7. The molecule has 0 bridgehead atoms. The zero-order chi connectivity index (χ0) is 18.9. The molecule has 1 aliphatic heterocycles. The van der Waals surface area contributed by atoms with Gasteiger partial charge in [0.2, 0.25) is 0 Å². The molecular weight excluding hydrogens is 384 g/mol.